The van der Waals surface area contributed by atoms with Gasteiger partial charge in [0.2, 0.25) is 9.84 Å². The van der Waals surface area contributed by atoms with Crippen molar-refractivity contribution in [1.29, 1.82) is 0 Å². The second-order valence-electron chi connectivity index (χ2n) is 6.41. The summed E-state index contributed by atoms with van der Waals surface area (Å²) in [5.41, 5.74) is 1.34. The van der Waals surface area contributed by atoms with Crippen LogP contribution in [0, 0.1) is 11.6 Å². The fourth-order valence-electron chi connectivity index (χ4n) is 3.19. The van der Waals surface area contributed by atoms with Gasteiger partial charge in [-0.15, -0.1) is 0 Å². The number of hydrogen-bond donors (Lipinski definition) is 2. The maximum Gasteiger partial charge on any atom is 0.208 e. The molecule has 1 heterocycles. The van der Waals surface area contributed by atoms with Gasteiger partial charge in [-0.2, -0.15) is 0 Å². The number of rotatable bonds is 5. The van der Waals surface area contributed by atoms with E-state index in [9.17, 15) is 17.2 Å². The molecule has 27 heavy (non-hydrogen) atoms. The standard InChI is InChI=1S/C19H23F2N3O2S/c1-2-23-18-13-16(24-8-3-6-22-7-9-24)4-5-19(18)27(25,26)17-11-14(20)10-15(21)12-17/h4-5,10-13,22-23H,2-3,6-9H2,1H3. The summed E-state index contributed by atoms with van der Waals surface area (Å²) in [6.07, 6.45) is 0.999. The van der Waals surface area contributed by atoms with Crippen molar-refractivity contribution in [2.24, 2.45) is 0 Å². The Morgan fingerprint density at radius 1 is 1.07 bits per heavy atom. The van der Waals surface area contributed by atoms with Crippen molar-refractivity contribution in [3.63, 3.8) is 0 Å². The van der Waals surface area contributed by atoms with E-state index in [1.165, 1.54) is 6.07 Å². The normalized spacial score (nSPS) is 15.4. The highest BCUT2D eigenvalue weighted by Gasteiger charge is 2.24. The molecule has 0 unspecified atom stereocenters. The molecule has 1 aliphatic rings. The molecule has 0 saturated carbocycles. The molecule has 0 radical (unpaired) electrons. The molecule has 3 rings (SSSR count). The first-order valence-electron chi connectivity index (χ1n) is 8.96. The third-order valence-electron chi connectivity index (χ3n) is 4.47. The Kier molecular flexibility index (Phi) is 5.96. The lowest BCUT2D eigenvalue weighted by molar-refractivity contribution is 0.567. The molecular weight excluding hydrogens is 372 g/mol. The molecule has 0 bridgehead atoms. The Bertz CT molecular complexity index is 891. The summed E-state index contributed by atoms with van der Waals surface area (Å²) < 4.78 is 53.0. The van der Waals surface area contributed by atoms with Crippen LogP contribution in [0.4, 0.5) is 20.2 Å². The van der Waals surface area contributed by atoms with Gasteiger partial charge in [-0.3, -0.25) is 0 Å². The van der Waals surface area contributed by atoms with Gasteiger partial charge in [-0.05, 0) is 50.2 Å². The predicted molar refractivity (Wildman–Crippen MR) is 102 cm³/mol. The average Bonchev–Trinajstić information content (AvgIpc) is 2.90. The molecule has 1 saturated heterocycles. The molecule has 1 fully saturated rings. The van der Waals surface area contributed by atoms with Gasteiger partial charge in [0.15, 0.2) is 0 Å². The second kappa shape index (κ2) is 8.22. The summed E-state index contributed by atoms with van der Waals surface area (Å²) in [6.45, 7) is 5.89. The Morgan fingerprint density at radius 2 is 1.81 bits per heavy atom. The fourth-order valence-corrected chi connectivity index (χ4v) is 4.65. The second-order valence-corrected chi connectivity index (χ2v) is 8.33. The van der Waals surface area contributed by atoms with Crippen molar-refractivity contribution < 1.29 is 17.2 Å². The highest BCUT2D eigenvalue weighted by atomic mass is 32.2. The summed E-state index contributed by atoms with van der Waals surface area (Å²) in [7, 11) is -4.06. The van der Waals surface area contributed by atoms with Crippen molar-refractivity contribution in [3.8, 4) is 0 Å². The van der Waals surface area contributed by atoms with Crippen LogP contribution in [0.2, 0.25) is 0 Å². The van der Waals surface area contributed by atoms with Crippen LogP contribution in [-0.2, 0) is 9.84 Å². The fraction of sp³-hybridized carbons (Fsp3) is 0.368. The van der Waals surface area contributed by atoms with Crippen molar-refractivity contribution >= 4 is 21.2 Å². The SMILES string of the molecule is CCNc1cc(N2CCCNCC2)ccc1S(=O)(=O)c1cc(F)cc(F)c1. The number of hydrogen-bond acceptors (Lipinski definition) is 5. The Morgan fingerprint density at radius 3 is 2.52 bits per heavy atom. The van der Waals surface area contributed by atoms with Crippen LogP contribution < -0.4 is 15.5 Å². The summed E-state index contributed by atoms with van der Waals surface area (Å²) in [5.74, 6) is -1.85. The zero-order valence-electron chi connectivity index (χ0n) is 15.1. The van der Waals surface area contributed by atoms with E-state index in [0.29, 0.717) is 18.3 Å². The molecule has 2 aromatic carbocycles. The molecule has 0 atom stereocenters. The zero-order valence-corrected chi connectivity index (χ0v) is 16.0. The van der Waals surface area contributed by atoms with Crippen LogP contribution in [0.25, 0.3) is 0 Å². The summed E-state index contributed by atoms with van der Waals surface area (Å²) >= 11 is 0. The minimum Gasteiger partial charge on any atom is -0.384 e. The third kappa shape index (κ3) is 4.39. The van der Waals surface area contributed by atoms with Crippen LogP contribution in [0.15, 0.2) is 46.2 Å². The van der Waals surface area contributed by atoms with Crippen LogP contribution in [-0.4, -0.2) is 41.1 Å². The Labute approximate surface area is 158 Å². The zero-order chi connectivity index (χ0) is 19.4. The third-order valence-corrected chi connectivity index (χ3v) is 6.26. The van der Waals surface area contributed by atoms with Crippen LogP contribution in [0.5, 0.6) is 0 Å². The molecule has 0 aliphatic carbocycles. The van der Waals surface area contributed by atoms with E-state index >= 15 is 0 Å². The van der Waals surface area contributed by atoms with Gasteiger partial charge in [0.05, 0.1) is 15.5 Å². The van der Waals surface area contributed by atoms with E-state index in [1.807, 2.05) is 6.92 Å². The van der Waals surface area contributed by atoms with E-state index in [0.717, 1.165) is 50.4 Å². The highest BCUT2D eigenvalue weighted by molar-refractivity contribution is 7.91. The Balaban J connectivity index is 2.03. The average molecular weight is 395 g/mol. The molecule has 2 N–H and O–H groups in total. The smallest absolute Gasteiger partial charge is 0.208 e. The molecule has 8 heteroatoms. The van der Waals surface area contributed by atoms with E-state index in [4.69, 9.17) is 0 Å². The summed E-state index contributed by atoms with van der Waals surface area (Å²) in [4.78, 5) is 1.80. The van der Waals surface area contributed by atoms with E-state index in [-0.39, 0.29) is 4.90 Å². The summed E-state index contributed by atoms with van der Waals surface area (Å²) in [5, 5.41) is 6.40. The lowest BCUT2D eigenvalue weighted by Gasteiger charge is -2.24. The van der Waals surface area contributed by atoms with Gasteiger partial charge in [0.1, 0.15) is 11.6 Å². The van der Waals surface area contributed by atoms with Crippen LogP contribution >= 0.6 is 0 Å². The molecule has 146 valence electrons. The number of nitrogens with zero attached hydrogens (tertiary/aromatic N) is 1. The maximum atomic E-state index is 13.5. The highest BCUT2D eigenvalue weighted by Crippen LogP contribution is 2.32. The molecule has 5 nitrogen and oxygen atoms in total. The number of sulfone groups is 1. The molecule has 2 aromatic rings. The molecular formula is C19H23F2N3O2S. The van der Waals surface area contributed by atoms with E-state index in [2.05, 4.69) is 15.5 Å². The number of benzene rings is 2. The molecule has 0 aromatic heterocycles. The van der Waals surface area contributed by atoms with Gasteiger partial charge < -0.3 is 15.5 Å². The molecule has 0 spiro atoms. The topological polar surface area (TPSA) is 61.4 Å². The Hall–Kier alpha value is -2.19. The monoisotopic (exact) mass is 395 g/mol. The lowest BCUT2D eigenvalue weighted by atomic mass is 10.2. The van der Waals surface area contributed by atoms with Gasteiger partial charge >= 0.3 is 0 Å². The van der Waals surface area contributed by atoms with Gasteiger partial charge in [0.25, 0.3) is 0 Å². The first-order valence-corrected chi connectivity index (χ1v) is 10.4. The number of halogens is 2. The lowest BCUT2D eigenvalue weighted by Crippen LogP contribution is -2.28. The summed E-state index contributed by atoms with van der Waals surface area (Å²) in [6, 6.07) is 7.36. The van der Waals surface area contributed by atoms with Gasteiger partial charge in [-0.25, -0.2) is 17.2 Å². The van der Waals surface area contributed by atoms with Crippen LogP contribution in [0.3, 0.4) is 0 Å². The quantitative estimate of drug-likeness (QED) is 0.815. The van der Waals surface area contributed by atoms with Crippen molar-refractivity contribution in [2.45, 2.75) is 23.1 Å². The first-order chi connectivity index (χ1) is 12.9. The van der Waals surface area contributed by atoms with Gasteiger partial charge in [-0.1, -0.05) is 0 Å². The predicted octanol–water partition coefficient (Wildman–Crippen LogP) is 3.03. The maximum absolute atomic E-state index is 13.5. The van der Waals surface area contributed by atoms with Gasteiger partial charge in [0, 0.05) is 37.9 Å². The van der Waals surface area contributed by atoms with Crippen LogP contribution in [0.1, 0.15) is 13.3 Å². The molecule has 1 aliphatic heterocycles. The first kappa shape index (κ1) is 19.6. The van der Waals surface area contributed by atoms with E-state index in [1.54, 1.807) is 12.1 Å². The molecule has 0 amide bonds. The van der Waals surface area contributed by atoms with Crippen molar-refractivity contribution in [1.82, 2.24) is 5.32 Å². The van der Waals surface area contributed by atoms with E-state index < -0.39 is 26.4 Å². The minimum atomic E-state index is -4.06. The number of anilines is 2. The minimum absolute atomic E-state index is 0.00560. The van der Waals surface area contributed by atoms with Crippen molar-refractivity contribution in [2.75, 3.05) is 42.9 Å². The number of nitrogens with one attached hydrogen (secondary N) is 2. The largest absolute Gasteiger partial charge is 0.384 e. The van der Waals surface area contributed by atoms with Crippen molar-refractivity contribution in [3.05, 3.63) is 48.0 Å².